The van der Waals surface area contributed by atoms with Crippen molar-refractivity contribution in [3.63, 3.8) is 0 Å². The summed E-state index contributed by atoms with van der Waals surface area (Å²) >= 11 is 0. The summed E-state index contributed by atoms with van der Waals surface area (Å²) in [7, 11) is 1.46. The number of urea groups is 1. The van der Waals surface area contributed by atoms with Crippen LogP contribution >= 0.6 is 0 Å². The highest BCUT2D eigenvalue weighted by Crippen LogP contribution is 2.39. The number of methoxy groups -OCH3 is 1. The van der Waals surface area contributed by atoms with Crippen LogP contribution in [0.2, 0.25) is 0 Å². The van der Waals surface area contributed by atoms with Crippen LogP contribution in [0.5, 0.6) is 0 Å². The Hall–Kier alpha value is -2.55. The van der Waals surface area contributed by atoms with Gasteiger partial charge in [0.2, 0.25) is 0 Å². The van der Waals surface area contributed by atoms with Crippen LogP contribution in [-0.2, 0) is 20.4 Å². The molecule has 9 heteroatoms. The fraction of sp³-hybridized carbons (Fsp3) is 0.474. The number of benzene rings is 1. The number of hydrogen-bond donors (Lipinski definition) is 1. The van der Waals surface area contributed by atoms with Crippen molar-refractivity contribution >= 4 is 12.0 Å². The Morgan fingerprint density at radius 2 is 2.00 bits per heavy atom. The Morgan fingerprint density at radius 1 is 1.29 bits per heavy atom. The zero-order valence-corrected chi connectivity index (χ0v) is 15.5. The lowest BCUT2D eigenvalue weighted by Gasteiger charge is -2.35. The van der Waals surface area contributed by atoms with Crippen molar-refractivity contribution < 1.29 is 32.2 Å². The smallest absolute Gasteiger partial charge is 0.416 e. The molecule has 0 unspecified atom stereocenters. The summed E-state index contributed by atoms with van der Waals surface area (Å²) in [6.45, 7) is 1.80. The van der Waals surface area contributed by atoms with Crippen LogP contribution in [0.25, 0.3) is 0 Å². The minimum absolute atomic E-state index is 0.00119. The van der Waals surface area contributed by atoms with Crippen LogP contribution in [0.4, 0.5) is 18.0 Å². The molecule has 1 N–H and O–H groups in total. The van der Waals surface area contributed by atoms with Crippen molar-refractivity contribution in [1.29, 1.82) is 0 Å². The summed E-state index contributed by atoms with van der Waals surface area (Å²) < 4.78 is 49.4. The van der Waals surface area contributed by atoms with Gasteiger partial charge >= 0.3 is 18.2 Å². The monoisotopic (exact) mass is 398 g/mol. The Kier molecular flexibility index (Phi) is 5.64. The second-order valence-electron chi connectivity index (χ2n) is 6.73. The molecule has 0 bridgehead atoms. The van der Waals surface area contributed by atoms with E-state index in [9.17, 15) is 22.8 Å². The molecule has 2 amide bonds. The number of amides is 2. The van der Waals surface area contributed by atoms with E-state index < -0.39 is 29.8 Å². The minimum Gasteiger partial charge on any atom is -0.460 e. The molecule has 28 heavy (non-hydrogen) atoms. The van der Waals surface area contributed by atoms with Crippen LogP contribution < -0.4 is 5.32 Å². The number of halogens is 3. The molecule has 1 fully saturated rings. The largest absolute Gasteiger partial charge is 0.460 e. The second-order valence-corrected chi connectivity index (χ2v) is 6.73. The molecule has 1 aromatic carbocycles. The molecular formula is C19H21F3N2O4. The molecule has 0 spiro atoms. The van der Waals surface area contributed by atoms with Crippen molar-refractivity contribution in [1.82, 2.24) is 10.2 Å². The van der Waals surface area contributed by atoms with Gasteiger partial charge in [0.05, 0.1) is 23.8 Å². The highest BCUT2D eigenvalue weighted by atomic mass is 19.4. The molecule has 0 aromatic heterocycles. The maximum atomic E-state index is 13.1. The Balaban J connectivity index is 2.00. The molecule has 1 atom stereocenters. The van der Waals surface area contributed by atoms with Crippen molar-refractivity contribution in [3.8, 4) is 0 Å². The number of rotatable bonds is 6. The third-order valence-electron chi connectivity index (χ3n) is 4.73. The first-order valence-electron chi connectivity index (χ1n) is 8.87. The van der Waals surface area contributed by atoms with Gasteiger partial charge in [0.25, 0.3) is 0 Å². The number of nitrogens with one attached hydrogen (secondary N) is 1. The van der Waals surface area contributed by atoms with E-state index in [2.05, 4.69) is 5.32 Å². The number of nitrogens with zero attached hydrogens (tertiary/aromatic N) is 1. The maximum Gasteiger partial charge on any atom is 0.416 e. The quantitative estimate of drug-likeness (QED) is 0.589. The van der Waals surface area contributed by atoms with E-state index in [0.717, 1.165) is 25.0 Å². The Bertz CT molecular complexity index is 803. The first-order chi connectivity index (χ1) is 13.2. The van der Waals surface area contributed by atoms with Crippen LogP contribution in [0.3, 0.4) is 0 Å². The SMILES string of the molecule is COCCOC(=O)C1=C(C)N(C2CC2)C(=O)N[C@H]1c1cccc(C(F)(F)F)c1. The highest BCUT2D eigenvalue weighted by Gasteiger charge is 2.43. The lowest BCUT2D eigenvalue weighted by Crippen LogP contribution is -2.49. The summed E-state index contributed by atoms with van der Waals surface area (Å²) in [6, 6.07) is 3.11. The third-order valence-corrected chi connectivity index (χ3v) is 4.73. The molecule has 0 radical (unpaired) electrons. The maximum absolute atomic E-state index is 13.1. The van der Waals surface area contributed by atoms with E-state index in [0.29, 0.717) is 5.70 Å². The number of carbonyl (C=O) groups excluding carboxylic acids is 2. The molecule has 1 saturated carbocycles. The van der Waals surface area contributed by atoms with Crippen molar-refractivity contribution in [2.45, 2.75) is 38.0 Å². The number of allylic oxidation sites excluding steroid dienone is 1. The summed E-state index contributed by atoms with van der Waals surface area (Å²) in [5, 5.41) is 2.66. The zero-order valence-electron chi connectivity index (χ0n) is 15.5. The predicted molar refractivity (Wildman–Crippen MR) is 93.1 cm³/mol. The molecule has 3 rings (SSSR count). The highest BCUT2D eigenvalue weighted by molar-refractivity contribution is 5.95. The lowest BCUT2D eigenvalue weighted by atomic mass is 9.93. The normalized spacial score (nSPS) is 20.2. The molecule has 152 valence electrons. The van der Waals surface area contributed by atoms with Crippen molar-refractivity contribution in [2.75, 3.05) is 20.3 Å². The Labute approximate surface area is 160 Å². The Morgan fingerprint density at radius 3 is 2.61 bits per heavy atom. The average Bonchev–Trinajstić information content (AvgIpc) is 3.45. The topological polar surface area (TPSA) is 67.9 Å². The fourth-order valence-electron chi connectivity index (χ4n) is 3.23. The minimum atomic E-state index is -4.54. The van der Waals surface area contributed by atoms with E-state index in [1.165, 1.54) is 24.1 Å². The van der Waals surface area contributed by atoms with Gasteiger partial charge in [-0.25, -0.2) is 9.59 Å². The van der Waals surface area contributed by atoms with Gasteiger partial charge in [-0.05, 0) is 37.5 Å². The van der Waals surface area contributed by atoms with E-state index in [1.54, 1.807) is 6.92 Å². The van der Waals surface area contributed by atoms with E-state index in [4.69, 9.17) is 9.47 Å². The second kappa shape index (κ2) is 7.83. The van der Waals surface area contributed by atoms with Crippen molar-refractivity contribution in [3.05, 3.63) is 46.7 Å². The molecule has 1 aromatic rings. The van der Waals surface area contributed by atoms with Gasteiger partial charge in [-0.3, -0.25) is 4.90 Å². The van der Waals surface area contributed by atoms with Crippen molar-refractivity contribution in [2.24, 2.45) is 0 Å². The van der Waals surface area contributed by atoms with Crippen LogP contribution in [-0.4, -0.2) is 43.3 Å². The van der Waals surface area contributed by atoms with E-state index >= 15 is 0 Å². The van der Waals surface area contributed by atoms with E-state index in [-0.39, 0.29) is 30.4 Å². The number of carbonyl (C=O) groups is 2. The molecule has 1 aliphatic heterocycles. The van der Waals surface area contributed by atoms with Gasteiger partial charge in [-0.15, -0.1) is 0 Å². The summed E-state index contributed by atoms with van der Waals surface area (Å²) in [6.07, 6.45) is -2.91. The van der Waals surface area contributed by atoms with Gasteiger partial charge in [0.1, 0.15) is 6.61 Å². The predicted octanol–water partition coefficient (Wildman–Crippen LogP) is 3.40. The fourth-order valence-corrected chi connectivity index (χ4v) is 3.23. The van der Waals surface area contributed by atoms with Crippen LogP contribution in [0.15, 0.2) is 35.5 Å². The van der Waals surface area contributed by atoms with Gasteiger partial charge < -0.3 is 14.8 Å². The van der Waals surface area contributed by atoms with Crippen LogP contribution in [0.1, 0.15) is 36.9 Å². The lowest BCUT2D eigenvalue weighted by molar-refractivity contribution is -0.141. The van der Waals surface area contributed by atoms with Gasteiger partial charge in [0.15, 0.2) is 0 Å². The molecule has 1 heterocycles. The number of alkyl halides is 3. The summed E-state index contributed by atoms with van der Waals surface area (Å²) in [4.78, 5) is 26.8. The molecule has 2 aliphatic rings. The first-order valence-corrected chi connectivity index (χ1v) is 8.87. The standard InChI is InChI=1S/C19H21F3N2O4/c1-11-15(17(25)28-9-8-27-2)16(23-18(26)24(11)14-6-7-14)12-4-3-5-13(10-12)19(20,21)22/h3-5,10,14,16H,6-9H2,1-2H3,(H,23,26)/t16-/m0/s1. The molecule has 1 aliphatic carbocycles. The van der Waals surface area contributed by atoms with E-state index in [1.807, 2.05) is 0 Å². The third kappa shape index (κ3) is 4.14. The first kappa shape index (κ1) is 20.2. The number of esters is 1. The van der Waals surface area contributed by atoms with Gasteiger partial charge in [-0.1, -0.05) is 12.1 Å². The average molecular weight is 398 g/mol. The van der Waals surface area contributed by atoms with Gasteiger partial charge in [-0.2, -0.15) is 13.2 Å². The number of hydrogen-bond acceptors (Lipinski definition) is 4. The number of ether oxygens (including phenoxy) is 2. The van der Waals surface area contributed by atoms with Crippen LogP contribution in [0, 0.1) is 0 Å². The molecule has 0 saturated heterocycles. The van der Waals surface area contributed by atoms with Gasteiger partial charge in [0, 0.05) is 18.8 Å². The summed E-state index contributed by atoms with van der Waals surface area (Å²) in [5.74, 6) is -0.692. The molecule has 6 nitrogen and oxygen atoms in total. The summed E-state index contributed by atoms with van der Waals surface area (Å²) in [5.41, 5.74) is -0.164. The molecular weight excluding hydrogens is 377 g/mol. The zero-order chi connectivity index (χ0) is 20.5.